The van der Waals surface area contributed by atoms with Crippen molar-refractivity contribution in [1.82, 2.24) is 15.0 Å². The maximum absolute atomic E-state index is 13.0. The molecule has 2 aromatic heterocycles. The van der Waals surface area contributed by atoms with Gasteiger partial charge in [0.1, 0.15) is 16.3 Å². The van der Waals surface area contributed by atoms with Crippen LogP contribution in [-0.4, -0.2) is 26.0 Å². The Kier molecular flexibility index (Phi) is 6.91. The second kappa shape index (κ2) is 9.38. The van der Waals surface area contributed by atoms with Gasteiger partial charge in [0.2, 0.25) is 11.9 Å². The Morgan fingerprint density at radius 2 is 2.03 bits per heavy atom. The third-order valence-corrected chi connectivity index (χ3v) is 8.78. The fourth-order valence-electron chi connectivity index (χ4n) is 4.79. The number of thiazole rings is 1. The van der Waals surface area contributed by atoms with Crippen LogP contribution in [0.5, 0.6) is 0 Å². The lowest BCUT2D eigenvalue weighted by atomic mass is 9.63. The first kappa shape index (κ1) is 26.5. The minimum atomic E-state index is -4.58. The van der Waals surface area contributed by atoms with Crippen molar-refractivity contribution in [3.05, 3.63) is 51.3 Å². The van der Waals surface area contributed by atoms with E-state index in [1.807, 2.05) is 20.8 Å². The van der Waals surface area contributed by atoms with Crippen molar-refractivity contribution in [2.75, 3.05) is 5.32 Å². The fraction of sp³-hybridized carbons (Fsp3) is 0.417. The van der Waals surface area contributed by atoms with Crippen molar-refractivity contribution in [1.29, 1.82) is 0 Å². The molecule has 0 unspecified atom stereocenters. The zero-order valence-electron chi connectivity index (χ0n) is 19.8. The van der Waals surface area contributed by atoms with E-state index in [0.717, 1.165) is 32.7 Å². The number of aromatic nitrogens is 3. The van der Waals surface area contributed by atoms with E-state index in [2.05, 4.69) is 36.2 Å². The Balaban J connectivity index is 1.64. The third-order valence-electron chi connectivity index (χ3n) is 6.51. The first-order chi connectivity index (χ1) is 16.7. The van der Waals surface area contributed by atoms with E-state index in [1.54, 1.807) is 18.3 Å². The number of nitrogens with one attached hydrogen (secondary N) is 1. The lowest BCUT2D eigenvalue weighted by Crippen LogP contribution is -2.46. The van der Waals surface area contributed by atoms with Gasteiger partial charge in [-0.25, -0.2) is 15.0 Å². The molecule has 1 aliphatic carbocycles. The van der Waals surface area contributed by atoms with Crippen molar-refractivity contribution in [3.63, 3.8) is 0 Å². The number of aliphatic hydroxyl groups is 1. The minimum absolute atomic E-state index is 0.176. The number of primary amides is 1. The van der Waals surface area contributed by atoms with Crippen molar-refractivity contribution in [2.45, 2.75) is 51.8 Å². The summed E-state index contributed by atoms with van der Waals surface area (Å²) in [6, 6.07) is 4.33. The van der Waals surface area contributed by atoms with E-state index in [1.165, 1.54) is 11.3 Å². The van der Waals surface area contributed by atoms with Gasteiger partial charge in [0.05, 0.1) is 4.88 Å². The van der Waals surface area contributed by atoms with Gasteiger partial charge in [0, 0.05) is 34.0 Å². The molecule has 0 spiro atoms. The van der Waals surface area contributed by atoms with E-state index < -0.39 is 22.9 Å². The highest BCUT2D eigenvalue weighted by molar-refractivity contribution is 9.10. The van der Waals surface area contributed by atoms with Gasteiger partial charge in [-0.3, -0.25) is 4.79 Å². The van der Waals surface area contributed by atoms with Crippen LogP contribution < -0.4 is 11.1 Å². The van der Waals surface area contributed by atoms with Crippen molar-refractivity contribution in [2.24, 2.45) is 17.1 Å². The number of carbonyl (C=O) groups is 1. The number of nitrogens with two attached hydrogens (primary N) is 1. The van der Waals surface area contributed by atoms with Crippen LogP contribution in [0.1, 0.15) is 49.4 Å². The van der Waals surface area contributed by atoms with Gasteiger partial charge < -0.3 is 16.2 Å². The minimum Gasteiger partial charge on any atom is -0.383 e. The maximum atomic E-state index is 13.0. The molecule has 4 N–H and O–H groups in total. The first-order valence-corrected chi connectivity index (χ1v) is 12.8. The average molecular weight is 584 g/mol. The number of halogens is 4. The summed E-state index contributed by atoms with van der Waals surface area (Å²) in [5.41, 5.74) is 4.94. The third kappa shape index (κ3) is 5.25. The number of anilines is 2. The molecule has 36 heavy (non-hydrogen) atoms. The Morgan fingerprint density at radius 1 is 1.31 bits per heavy atom. The number of benzene rings is 1. The van der Waals surface area contributed by atoms with E-state index in [4.69, 9.17) is 5.73 Å². The van der Waals surface area contributed by atoms with Crippen LogP contribution in [0.25, 0.3) is 10.4 Å². The molecule has 1 saturated carbocycles. The predicted octanol–water partition coefficient (Wildman–Crippen LogP) is 5.93. The molecule has 3 aromatic rings. The summed E-state index contributed by atoms with van der Waals surface area (Å²) in [5, 5.41) is 14.9. The molecule has 2 atom stereocenters. The van der Waals surface area contributed by atoms with Gasteiger partial charge >= 0.3 is 6.18 Å². The molecule has 4 rings (SSSR count). The quantitative estimate of drug-likeness (QED) is 0.343. The molecule has 2 heterocycles. The molecule has 0 radical (unpaired) electrons. The summed E-state index contributed by atoms with van der Waals surface area (Å²) in [6.07, 6.45) is -0.691. The molecule has 0 bridgehead atoms. The molecule has 12 heteroatoms. The topological polar surface area (TPSA) is 114 Å². The molecule has 1 aliphatic rings. The summed E-state index contributed by atoms with van der Waals surface area (Å²) in [7, 11) is 0. The molecule has 1 amide bonds. The molecule has 1 aromatic carbocycles. The fourth-order valence-corrected chi connectivity index (χ4v) is 6.42. The van der Waals surface area contributed by atoms with Gasteiger partial charge in [0.15, 0.2) is 0 Å². The number of rotatable bonds is 5. The van der Waals surface area contributed by atoms with Crippen molar-refractivity contribution in [3.8, 4) is 10.4 Å². The number of nitrogens with zero attached hydrogens (tertiary/aromatic N) is 3. The number of amides is 1. The van der Waals surface area contributed by atoms with E-state index in [-0.39, 0.29) is 17.8 Å². The summed E-state index contributed by atoms with van der Waals surface area (Å²) in [5.74, 6) is -0.865. The zero-order chi connectivity index (χ0) is 26.5. The molecule has 1 fully saturated rings. The van der Waals surface area contributed by atoms with E-state index in [9.17, 15) is 23.1 Å². The molecular formula is C24H25BrF3N5O2S. The van der Waals surface area contributed by atoms with E-state index >= 15 is 0 Å². The highest BCUT2D eigenvalue weighted by Crippen LogP contribution is 2.51. The Bertz CT molecular complexity index is 1310. The van der Waals surface area contributed by atoms with Crippen LogP contribution in [0.15, 0.2) is 35.1 Å². The van der Waals surface area contributed by atoms with Crippen LogP contribution in [0.4, 0.5) is 24.8 Å². The van der Waals surface area contributed by atoms with Gasteiger partial charge in [0.25, 0.3) is 0 Å². The number of hydrogen-bond acceptors (Lipinski definition) is 7. The predicted molar refractivity (Wildman–Crippen MR) is 135 cm³/mol. The number of aryl methyl sites for hydroxylation is 1. The van der Waals surface area contributed by atoms with E-state index in [0.29, 0.717) is 30.0 Å². The monoisotopic (exact) mass is 583 g/mol. The maximum Gasteiger partial charge on any atom is 0.433 e. The summed E-state index contributed by atoms with van der Waals surface area (Å²) in [4.78, 5) is 24.6. The van der Waals surface area contributed by atoms with Crippen LogP contribution in [0.2, 0.25) is 0 Å². The second-order valence-electron chi connectivity index (χ2n) is 9.76. The number of carbonyl (C=O) groups excluding carboxylic acids is 1. The molecule has 192 valence electrons. The average Bonchev–Trinajstić information content (AvgIpc) is 3.26. The van der Waals surface area contributed by atoms with Gasteiger partial charge in [-0.2, -0.15) is 13.2 Å². The summed E-state index contributed by atoms with van der Waals surface area (Å²) >= 11 is 4.92. The Hall–Kier alpha value is -2.57. The summed E-state index contributed by atoms with van der Waals surface area (Å²) < 4.78 is 39.9. The standard InChI is InChI=1S/C24H25BrF3N5O2S/c1-12-8-13(32-21-30-7-5-17(33-21)24(26,27)28)9-14(18(12)25)16-10-31-20(36-16)23(35)6-4-15(19(29)34)22(2,3)11-23/h5,7-10,15,35H,4,6,11H2,1-3H3,(H2,29,34)(H,30,32,33)/t15-,23-/m1/s1. The number of alkyl halides is 3. The van der Waals surface area contributed by atoms with Crippen LogP contribution >= 0.6 is 27.3 Å². The molecular weight excluding hydrogens is 559 g/mol. The van der Waals surface area contributed by atoms with Crippen molar-refractivity contribution < 1.29 is 23.1 Å². The van der Waals surface area contributed by atoms with Gasteiger partial charge in [-0.1, -0.05) is 13.8 Å². The molecule has 0 saturated heterocycles. The highest BCUT2D eigenvalue weighted by atomic mass is 79.9. The second-order valence-corrected chi connectivity index (χ2v) is 11.6. The normalized spacial score (nSPS) is 21.8. The van der Waals surface area contributed by atoms with Crippen LogP contribution in [-0.2, 0) is 16.6 Å². The molecule has 0 aliphatic heterocycles. The number of hydrogen-bond donors (Lipinski definition) is 3. The Morgan fingerprint density at radius 3 is 2.67 bits per heavy atom. The lowest BCUT2D eigenvalue weighted by Gasteiger charge is -2.44. The van der Waals surface area contributed by atoms with Crippen LogP contribution in [0, 0.1) is 18.3 Å². The largest absolute Gasteiger partial charge is 0.433 e. The van der Waals surface area contributed by atoms with Gasteiger partial charge in [-0.15, -0.1) is 11.3 Å². The highest BCUT2D eigenvalue weighted by Gasteiger charge is 2.48. The smallest absolute Gasteiger partial charge is 0.383 e. The SMILES string of the molecule is Cc1cc(Nc2nccc(C(F)(F)F)n2)cc(-c2cnc([C@@]3(O)CC[C@H](C(N)=O)C(C)(C)C3)s2)c1Br. The summed E-state index contributed by atoms with van der Waals surface area (Å²) in [6.45, 7) is 5.70. The molecule has 7 nitrogen and oxygen atoms in total. The van der Waals surface area contributed by atoms with Crippen molar-refractivity contribution >= 4 is 44.8 Å². The Labute approximate surface area is 218 Å². The van der Waals surface area contributed by atoms with Crippen LogP contribution in [0.3, 0.4) is 0 Å². The lowest BCUT2D eigenvalue weighted by molar-refractivity contribution is -0.141. The zero-order valence-corrected chi connectivity index (χ0v) is 22.2. The first-order valence-electron chi connectivity index (χ1n) is 11.2. The van der Waals surface area contributed by atoms with Gasteiger partial charge in [-0.05, 0) is 71.3 Å².